The van der Waals surface area contributed by atoms with Crippen molar-refractivity contribution < 1.29 is 0 Å². The van der Waals surface area contributed by atoms with Crippen LogP contribution in [-0.2, 0) is 0 Å². The van der Waals surface area contributed by atoms with Crippen LogP contribution in [0.1, 0.15) is 11.3 Å². The molecule has 3 heteroatoms. The molecule has 2 aromatic carbocycles. The van der Waals surface area contributed by atoms with Crippen molar-refractivity contribution in [2.75, 3.05) is 0 Å². The summed E-state index contributed by atoms with van der Waals surface area (Å²) in [6.45, 7) is 0. The number of H-pyrrole nitrogens is 1. The largest absolute Gasteiger partial charge is 0.355 e. The van der Waals surface area contributed by atoms with E-state index in [-0.39, 0.29) is 5.43 Å². The van der Waals surface area contributed by atoms with Crippen molar-refractivity contribution in [1.29, 1.82) is 0 Å². The van der Waals surface area contributed by atoms with Crippen LogP contribution in [0.15, 0.2) is 59.4 Å². The topological polar surface area (TPSA) is 32.9 Å². The van der Waals surface area contributed by atoms with E-state index in [0.29, 0.717) is 0 Å². The number of benzene rings is 2. The van der Waals surface area contributed by atoms with E-state index in [1.54, 1.807) is 6.07 Å². The Balaban J connectivity index is 2.04. The van der Waals surface area contributed by atoms with E-state index in [4.69, 9.17) is 0 Å². The van der Waals surface area contributed by atoms with Gasteiger partial charge in [-0.1, -0.05) is 36.4 Å². The third-order valence-corrected chi connectivity index (χ3v) is 4.09. The monoisotopic (exact) mass is 373 g/mol. The zero-order valence-electron chi connectivity index (χ0n) is 10.6. The van der Waals surface area contributed by atoms with Crippen LogP contribution in [0, 0.1) is 3.57 Å². The molecule has 1 heterocycles. The molecule has 20 heavy (non-hydrogen) atoms. The van der Waals surface area contributed by atoms with E-state index in [9.17, 15) is 4.79 Å². The van der Waals surface area contributed by atoms with E-state index in [2.05, 4.69) is 39.7 Å². The quantitative estimate of drug-likeness (QED) is 0.668. The molecule has 0 saturated heterocycles. The summed E-state index contributed by atoms with van der Waals surface area (Å²) >= 11 is 2.30. The summed E-state index contributed by atoms with van der Waals surface area (Å²) in [4.78, 5) is 15.3. The van der Waals surface area contributed by atoms with Gasteiger partial charge in [-0.25, -0.2) is 0 Å². The Labute approximate surface area is 130 Å². The molecule has 1 aromatic heterocycles. The Hall–Kier alpha value is -1.88. The molecule has 0 aliphatic carbocycles. The zero-order valence-corrected chi connectivity index (χ0v) is 12.8. The van der Waals surface area contributed by atoms with E-state index < -0.39 is 0 Å². The Bertz CT molecular complexity index is 849. The third-order valence-electron chi connectivity index (χ3n) is 3.11. The van der Waals surface area contributed by atoms with E-state index in [0.717, 1.165) is 22.2 Å². The molecular weight excluding hydrogens is 361 g/mol. The van der Waals surface area contributed by atoms with Crippen molar-refractivity contribution in [2.45, 2.75) is 0 Å². The normalized spacial score (nSPS) is 11.2. The van der Waals surface area contributed by atoms with Gasteiger partial charge >= 0.3 is 0 Å². The lowest BCUT2D eigenvalue weighted by atomic mass is 10.1. The van der Waals surface area contributed by atoms with Crippen molar-refractivity contribution in [3.63, 3.8) is 0 Å². The second-order valence-electron chi connectivity index (χ2n) is 4.49. The average Bonchev–Trinajstić information content (AvgIpc) is 2.46. The predicted molar refractivity (Wildman–Crippen MR) is 92.7 cm³/mol. The molecule has 3 aromatic rings. The molecule has 0 aliphatic rings. The molecule has 0 radical (unpaired) electrons. The van der Waals surface area contributed by atoms with Crippen molar-refractivity contribution in [3.05, 3.63) is 79.6 Å². The highest BCUT2D eigenvalue weighted by Crippen LogP contribution is 2.15. The highest BCUT2D eigenvalue weighted by Gasteiger charge is 1.99. The Kier molecular flexibility index (Phi) is 3.69. The van der Waals surface area contributed by atoms with E-state index >= 15 is 0 Å². The zero-order chi connectivity index (χ0) is 13.9. The summed E-state index contributed by atoms with van der Waals surface area (Å²) in [5.41, 5.74) is 2.86. The minimum atomic E-state index is 0.0433. The fraction of sp³-hybridized carbons (Fsp3) is 0. The van der Waals surface area contributed by atoms with Gasteiger partial charge in [-0.2, -0.15) is 0 Å². The summed E-state index contributed by atoms with van der Waals surface area (Å²) in [6.07, 6.45) is 3.95. The van der Waals surface area contributed by atoms with Gasteiger partial charge in [0.1, 0.15) is 0 Å². The number of hydrogen-bond donors (Lipinski definition) is 1. The minimum Gasteiger partial charge on any atom is -0.355 e. The van der Waals surface area contributed by atoms with Crippen LogP contribution in [0.25, 0.3) is 23.1 Å². The number of halogens is 1. The van der Waals surface area contributed by atoms with Gasteiger partial charge < -0.3 is 4.98 Å². The molecular formula is C17H12INO. The Morgan fingerprint density at radius 1 is 0.950 bits per heavy atom. The van der Waals surface area contributed by atoms with Gasteiger partial charge in [-0.15, -0.1) is 0 Å². The van der Waals surface area contributed by atoms with E-state index in [1.165, 1.54) is 3.57 Å². The van der Waals surface area contributed by atoms with Crippen LogP contribution in [-0.4, -0.2) is 4.98 Å². The number of aromatic nitrogens is 1. The number of hydrogen-bond acceptors (Lipinski definition) is 1. The van der Waals surface area contributed by atoms with Gasteiger partial charge in [0, 0.05) is 26.2 Å². The van der Waals surface area contributed by atoms with Crippen LogP contribution in [0.3, 0.4) is 0 Å². The number of para-hydroxylation sites is 1. The van der Waals surface area contributed by atoms with Gasteiger partial charge in [-0.3, -0.25) is 4.79 Å². The van der Waals surface area contributed by atoms with Gasteiger partial charge in [0.2, 0.25) is 0 Å². The molecule has 98 valence electrons. The van der Waals surface area contributed by atoms with Gasteiger partial charge in [0.05, 0.1) is 0 Å². The maximum absolute atomic E-state index is 12.0. The standard InChI is InChI=1S/C17H12INO/c18-15-7-3-1-5-12(15)9-10-13-11-17(20)14-6-2-4-8-16(14)19-13/h1-11H,(H,19,20)/b10-9+. The summed E-state index contributed by atoms with van der Waals surface area (Å²) in [5, 5.41) is 0.721. The molecule has 0 unspecified atom stereocenters. The van der Waals surface area contributed by atoms with Gasteiger partial charge in [0.25, 0.3) is 0 Å². The second kappa shape index (κ2) is 5.63. The molecule has 0 bridgehead atoms. The lowest BCUT2D eigenvalue weighted by molar-refractivity contribution is 1.35. The minimum absolute atomic E-state index is 0.0433. The molecule has 0 spiro atoms. The summed E-state index contributed by atoms with van der Waals surface area (Å²) in [5.74, 6) is 0. The van der Waals surface area contributed by atoms with Crippen molar-refractivity contribution in [3.8, 4) is 0 Å². The molecule has 0 aliphatic heterocycles. The lowest BCUT2D eigenvalue weighted by Gasteiger charge is -2.01. The highest BCUT2D eigenvalue weighted by molar-refractivity contribution is 14.1. The maximum atomic E-state index is 12.0. The third kappa shape index (κ3) is 2.67. The number of fused-ring (bicyclic) bond motifs is 1. The molecule has 0 fully saturated rings. The SMILES string of the molecule is O=c1cc(/C=C/c2ccccc2I)[nH]c2ccccc12. The fourth-order valence-corrected chi connectivity index (χ4v) is 2.66. The van der Waals surface area contributed by atoms with Crippen LogP contribution in [0.5, 0.6) is 0 Å². The first kappa shape index (κ1) is 13.1. The van der Waals surface area contributed by atoms with Crippen LogP contribution in [0.4, 0.5) is 0 Å². The van der Waals surface area contributed by atoms with Gasteiger partial charge in [-0.05, 0) is 52.4 Å². The van der Waals surface area contributed by atoms with Crippen LogP contribution < -0.4 is 5.43 Å². The van der Waals surface area contributed by atoms with Gasteiger partial charge in [0.15, 0.2) is 5.43 Å². The number of pyridine rings is 1. The fourth-order valence-electron chi connectivity index (χ4n) is 2.10. The lowest BCUT2D eigenvalue weighted by Crippen LogP contribution is -2.02. The summed E-state index contributed by atoms with van der Waals surface area (Å²) < 4.78 is 1.18. The molecule has 0 amide bonds. The Morgan fingerprint density at radius 2 is 1.70 bits per heavy atom. The number of nitrogens with one attached hydrogen (secondary N) is 1. The second-order valence-corrected chi connectivity index (χ2v) is 5.65. The van der Waals surface area contributed by atoms with Crippen molar-refractivity contribution >= 4 is 45.6 Å². The summed E-state index contributed by atoms with van der Waals surface area (Å²) in [7, 11) is 0. The van der Waals surface area contributed by atoms with E-state index in [1.807, 2.05) is 48.6 Å². The first-order chi connectivity index (χ1) is 9.74. The molecule has 0 atom stereocenters. The average molecular weight is 373 g/mol. The number of aromatic amines is 1. The smallest absolute Gasteiger partial charge is 0.189 e. The number of rotatable bonds is 2. The van der Waals surface area contributed by atoms with Crippen molar-refractivity contribution in [1.82, 2.24) is 4.98 Å². The Morgan fingerprint density at radius 3 is 2.55 bits per heavy atom. The maximum Gasteiger partial charge on any atom is 0.189 e. The van der Waals surface area contributed by atoms with Crippen LogP contribution >= 0.6 is 22.6 Å². The first-order valence-electron chi connectivity index (χ1n) is 6.29. The summed E-state index contributed by atoms with van der Waals surface area (Å²) in [6, 6.07) is 17.3. The first-order valence-corrected chi connectivity index (χ1v) is 7.36. The molecule has 3 rings (SSSR count). The highest BCUT2D eigenvalue weighted by atomic mass is 127. The van der Waals surface area contributed by atoms with Crippen LogP contribution in [0.2, 0.25) is 0 Å². The molecule has 0 saturated carbocycles. The molecule has 1 N–H and O–H groups in total. The molecule has 2 nitrogen and oxygen atoms in total. The van der Waals surface area contributed by atoms with Crippen molar-refractivity contribution in [2.24, 2.45) is 0 Å². The predicted octanol–water partition coefficient (Wildman–Crippen LogP) is 4.30.